The number of halogens is 1. The van der Waals surface area contributed by atoms with Crippen molar-refractivity contribution in [1.29, 1.82) is 0 Å². The molecule has 0 aliphatic carbocycles. The third-order valence-corrected chi connectivity index (χ3v) is 5.17. The summed E-state index contributed by atoms with van der Waals surface area (Å²) in [6.07, 6.45) is 2.86. The Hall–Kier alpha value is -3.52. The van der Waals surface area contributed by atoms with Gasteiger partial charge in [-0.25, -0.2) is 19.3 Å². The first-order valence-corrected chi connectivity index (χ1v) is 10.1. The second-order valence-electron chi connectivity index (χ2n) is 7.17. The van der Waals surface area contributed by atoms with Crippen LogP contribution in [0.3, 0.4) is 0 Å². The van der Waals surface area contributed by atoms with E-state index in [-0.39, 0.29) is 18.5 Å². The van der Waals surface area contributed by atoms with E-state index in [2.05, 4.69) is 15.3 Å². The molecule has 2 aromatic carbocycles. The Morgan fingerprint density at radius 3 is 2.58 bits per heavy atom. The average molecular weight is 421 g/mol. The minimum Gasteiger partial charge on any atom is -0.497 e. The summed E-state index contributed by atoms with van der Waals surface area (Å²) in [5.74, 6) is 1.45. The lowest BCUT2D eigenvalue weighted by molar-refractivity contribution is 0.228. The van der Waals surface area contributed by atoms with E-state index in [9.17, 15) is 9.50 Å². The molecule has 2 N–H and O–H groups in total. The molecular weight excluding hydrogens is 397 g/mol. The molecule has 31 heavy (non-hydrogen) atoms. The lowest BCUT2D eigenvalue weighted by Gasteiger charge is -2.18. The van der Waals surface area contributed by atoms with Crippen LogP contribution < -0.4 is 10.1 Å². The van der Waals surface area contributed by atoms with Gasteiger partial charge >= 0.3 is 0 Å². The minimum absolute atomic E-state index is 0.0915. The van der Waals surface area contributed by atoms with Crippen LogP contribution in [0.4, 0.5) is 16.0 Å². The number of benzene rings is 2. The van der Waals surface area contributed by atoms with Crippen molar-refractivity contribution in [2.45, 2.75) is 25.8 Å². The molecule has 4 rings (SSSR count). The number of aliphatic hydroxyl groups is 1. The Morgan fingerprint density at radius 1 is 1.13 bits per heavy atom. The quantitative estimate of drug-likeness (QED) is 0.442. The maximum atomic E-state index is 14.2. The number of nitrogens with zero attached hydrogens (tertiary/aromatic N) is 4. The Kier molecular flexibility index (Phi) is 6.08. The lowest BCUT2D eigenvalue weighted by atomic mass is 10.1. The number of anilines is 2. The summed E-state index contributed by atoms with van der Waals surface area (Å²) in [6.45, 7) is 1.88. The van der Waals surface area contributed by atoms with E-state index in [1.165, 1.54) is 6.07 Å². The van der Waals surface area contributed by atoms with Crippen LogP contribution in [0.25, 0.3) is 11.2 Å². The fourth-order valence-electron chi connectivity index (χ4n) is 3.45. The third kappa shape index (κ3) is 4.34. The molecule has 4 aromatic rings. The highest BCUT2D eigenvalue weighted by atomic mass is 19.1. The zero-order valence-electron chi connectivity index (χ0n) is 17.4. The van der Waals surface area contributed by atoms with Crippen molar-refractivity contribution in [2.24, 2.45) is 0 Å². The summed E-state index contributed by atoms with van der Waals surface area (Å²) in [5.41, 5.74) is 2.52. The molecule has 0 saturated heterocycles. The SMILES string of the molecule is CC[C@H](CO)n1c(Nc2ccccc2F)nc2cnc(Cc3ccc(OC)cc3)nc21. The van der Waals surface area contributed by atoms with E-state index in [0.29, 0.717) is 41.5 Å². The van der Waals surface area contributed by atoms with Gasteiger partial charge in [0.1, 0.15) is 22.9 Å². The summed E-state index contributed by atoms with van der Waals surface area (Å²) in [7, 11) is 1.63. The normalized spacial score (nSPS) is 12.1. The first-order valence-electron chi connectivity index (χ1n) is 10.1. The van der Waals surface area contributed by atoms with Gasteiger partial charge in [-0.1, -0.05) is 31.2 Å². The third-order valence-electron chi connectivity index (χ3n) is 5.17. The molecule has 160 valence electrons. The molecule has 0 saturated carbocycles. The van der Waals surface area contributed by atoms with Crippen LogP contribution in [0, 0.1) is 5.82 Å². The number of ether oxygens (including phenoxy) is 1. The van der Waals surface area contributed by atoms with Crippen LogP contribution in [0.2, 0.25) is 0 Å². The van der Waals surface area contributed by atoms with Crippen LogP contribution in [0.1, 0.15) is 30.8 Å². The molecule has 2 aromatic heterocycles. The van der Waals surface area contributed by atoms with Gasteiger partial charge in [-0.15, -0.1) is 0 Å². The van der Waals surface area contributed by atoms with E-state index in [4.69, 9.17) is 9.72 Å². The number of imidazole rings is 1. The van der Waals surface area contributed by atoms with Crippen molar-refractivity contribution < 1.29 is 14.2 Å². The summed E-state index contributed by atoms with van der Waals surface area (Å²) in [4.78, 5) is 13.7. The zero-order valence-corrected chi connectivity index (χ0v) is 17.4. The van der Waals surface area contributed by atoms with E-state index < -0.39 is 0 Å². The van der Waals surface area contributed by atoms with E-state index >= 15 is 0 Å². The fourth-order valence-corrected chi connectivity index (χ4v) is 3.45. The van der Waals surface area contributed by atoms with Crippen LogP contribution in [0.15, 0.2) is 54.7 Å². The van der Waals surface area contributed by atoms with Crippen molar-refractivity contribution in [1.82, 2.24) is 19.5 Å². The fraction of sp³-hybridized carbons (Fsp3) is 0.261. The molecular formula is C23H24FN5O2. The number of hydrogen-bond acceptors (Lipinski definition) is 6. The summed E-state index contributed by atoms with van der Waals surface area (Å²) < 4.78 is 21.2. The molecule has 7 nitrogen and oxygen atoms in total. The van der Waals surface area contributed by atoms with Gasteiger partial charge in [-0.3, -0.25) is 4.57 Å². The molecule has 1 atom stereocenters. The number of rotatable bonds is 8. The predicted octanol–water partition coefficient (Wildman–Crippen LogP) is 4.25. The Morgan fingerprint density at radius 2 is 1.90 bits per heavy atom. The smallest absolute Gasteiger partial charge is 0.210 e. The molecule has 8 heteroatoms. The molecule has 0 amide bonds. The van der Waals surface area contributed by atoms with Crippen molar-refractivity contribution in [3.63, 3.8) is 0 Å². The van der Waals surface area contributed by atoms with Crippen molar-refractivity contribution in [2.75, 3.05) is 19.0 Å². The van der Waals surface area contributed by atoms with Gasteiger partial charge in [0.15, 0.2) is 5.65 Å². The summed E-state index contributed by atoms with van der Waals surface area (Å²) >= 11 is 0. The first-order chi connectivity index (χ1) is 15.1. The van der Waals surface area contributed by atoms with Gasteiger partial charge in [0.2, 0.25) is 5.95 Å². The molecule has 0 aliphatic heterocycles. The van der Waals surface area contributed by atoms with Crippen LogP contribution in [-0.4, -0.2) is 38.3 Å². The van der Waals surface area contributed by atoms with Gasteiger partial charge in [0, 0.05) is 6.42 Å². The molecule has 0 fully saturated rings. The molecule has 0 bridgehead atoms. The van der Waals surface area contributed by atoms with Crippen LogP contribution in [0.5, 0.6) is 5.75 Å². The Balaban J connectivity index is 1.74. The zero-order chi connectivity index (χ0) is 21.8. The van der Waals surface area contributed by atoms with Crippen LogP contribution >= 0.6 is 0 Å². The monoisotopic (exact) mass is 421 g/mol. The van der Waals surface area contributed by atoms with E-state index in [1.54, 1.807) is 31.5 Å². The van der Waals surface area contributed by atoms with E-state index in [1.807, 2.05) is 35.8 Å². The number of aromatic nitrogens is 4. The first kappa shape index (κ1) is 20.7. The number of hydrogen-bond donors (Lipinski definition) is 2. The molecule has 0 aliphatic rings. The molecule has 2 heterocycles. The number of aliphatic hydroxyl groups excluding tert-OH is 1. The topological polar surface area (TPSA) is 85.1 Å². The Labute approximate surface area is 179 Å². The minimum atomic E-state index is -0.385. The molecule has 0 radical (unpaired) electrons. The predicted molar refractivity (Wildman–Crippen MR) is 117 cm³/mol. The van der Waals surface area contributed by atoms with Gasteiger partial charge in [-0.05, 0) is 36.2 Å². The van der Waals surface area contributed by atoms with E-state index in [0.717, 1.165) is 11.3 Å². The van der Waals surface area contributed by atoms with Crippen molar-refractivity contribution in [3.8, 4) is 5.75 Å². The maximum Gasteiger partial charge on any atom is 0.210 e. The lowest BCUT2D eigenvalue weighted by Crippen LogP contribution is -2.16. The number of para-hydroxylation sites is 1. The van der Waals surface area contributed by atoms with Gasteiger partial charge in [0.25, 0.3) is 0 Å². The molecule has 0 spiro atoms. The second kappa shape index (κ2) is 9.09. The summed E-state index contributed by atoms with van der Waals surface area (Å²) in [6, 6.07) is 13.9. The van der Waals surface area contributed by atoms with Gasteiger partial charge < -0.3 is 15.2 Å². The second-order valence-corrected chi connectivity index (χ2v) is 7.17. The highest BCUT2D eigenvalue weighted by Crippen LogP contribution is 2.28. The number of fused-ring (bicyclic) bond motifs is 1. The van der Waals surface area contributed by atoms with Gasteiger partial charge in [0.05, 0.1) is 31.6 Å². The standard InChI is InChI=1S/C23H24FN5O2/c1-3-16(14-30)29-22-20(27-23(29)26-19-7-5-4-6-18(19)24)13-25-21(28-22)12-15-8-10-17(31-2)11-9-15/h4-11,13,16,30H,3,12,14H2,1-2H3,(H,26,27)/t16-/m1/s1. The summed E-state index contributed by atoms with van der Waals surface area (Å²) in [5, 5.41) is 13.0. The number of methoxy groups -OCH3 is 1. The van der Waals surface area contributed by atoms with Gasteiger partial charge in [-0.2, -0.15) is 0 Å². The van der Waals surface area contributed by atoms with Crippen molar-refractivity contribution in [3.05, 3.63) is 71.9 Å². The number of nitrogens with one attached hydrogen (secondary N) is 1. The van der Waals surface area contributed by atoms with Crippen molar-refractivity contribution >= 4 is 22.8 Å². The molecule has 0 unspecified atom stereocenters. The highest BCUT2D eigenvalue weighted by Gasteiger charge is 2.20. The Bertz CT molecular complexity index is 1170. The highest BCUT2D eigenvalue weighted by molar-refractivity contribution is 5.75. The average Bonchev–Trinajstić information content (AvgIpc) is 3.14. The van der Waals surface area contributed by atoms with Crippen LogP contribution in [-0.2, 0) is 6.42 Å². The maximum absolute atomic E-state index is 14.2. The largest absolute Gasteiger partial charge is 0.497 e.